The molecule has 0 atom stereocenters. The molecule has 42 heavy (non-hydrogen) atoms. The van der Waals surface area contributed by atoms with Crippen LogP contribution in [0.1, 0.15) is 21.7 Å². The summed E-state index contributed by atoms with van der Waals surface area (Å²) in [5.74, 6) is 0.991. The molecule has 2 aliphatic heterocycles. The molecule has 1 fully saturated rings. The molecule has 0 spiro atoms. The van der Waals surface area contributed by atoms with Crippen LogP contribution in [-0.2, 0) is 16.6 Å². The molecule has 214 valence electrons. The van der Waals surface area contributed by atoms with Crippen LogP contribution in [0.5, 0.6) is 0 Å². The van der Waals surface area contributed by atoms with Crippen molar-refractivity contribution in [2.75, 3.05) is 38.1 Å². The van der Waals surface area contributed by atoms with E-state index in [1.807, 2.05) is 61.5 Å². The molecule has 7 nitrogen and oxygen atoms in total. The van der Waals surface area contributed by atoms with Crippen molar-refractivity contribution in [1.82, 2.24) is 13.8 Å². The predicted octanol–water partition coefficient (Wildman–Crippen LogP) is 6.53. The summed E-state index contributed by atoms with van der Waals surface area (Å²) in [6, 6.07) is 27.2. The molecule has 3 aromatic carbocycles. The van der Waals surface area contributed by atoms with Gasteiger partial charge in [0.05, 0.1) is 39.6 Å². The molecule has 2 aliphatic rings. The van der Waals surface area contributed by atoms with E-state index in [1.165, 1.54) is 8.85 Å². The first-order valence-electron chi connectivity index (χ1n) is 14.2. The summed E-state index contributed by atoms with van der Waals surface area (Å²) >= 11 is 1.73. The van der Waals surface area contributed by atoms with Gasteiger partial charge in [-0.1, -0.05) is 48.0 Å². The number of rotatable bonds is 4. The lowest BCUT2D eigenvalue weighted by atomic mass is 10.2. The molecule has 7 rings (SSSR count). The third-order valence-electron chi connectivity index (χ3n) is 8.14. The molecular weight excluding hydrogens is 563 g/mol. The smallest absolute Gasteiger partial charge is 0.268 e. The monoisotopic (exact) mass is 595 g/mol. The Balaban J connectivity index is 1.39. The number of aromatic nitrogens is 1. The summed E-state index contributed by atoms with van der Waals surface area (Å²) in [5.41, 5.74) is 5.34. The fourth-order valence-electron chi connectivity index (χ4n) is 5.91. The Labute approximate surface area is 251 Å². The van der Waals surface area contributed by atoms with Gasteiger partial charge in [-0.25, -0.2) is 17.4 Å². The fraction of sp³-hybridized carbons (Fsp3) is 0.242. The summed E-state index contributed by atoms with van der Waals surface area (Å²) in [5, 5.41) is 1.97. The van der Waals surface area contributed by atoms with Gasteiger partial charge in [0.15, 0.2) is 0 Å². The maximum Gasteiger partial charge on any atom is 0.268 e. The minimum atomic E-state index is -3.86. The zero-order valence-electron chi connectivity index (χ0n) is 24.0. The third kappa shape index (κ3) is 4.62. The number of aliphatic imine (C=N–C) groups is 1. The minimum Gasteiger partial charge on any atom is -0.353 e. The van der Waals surface area contributed by atoms with Crippen LogP contribution in [0.15, 0.2) is 94.8 Å². The average Bonchev–Trinajstić information content (AvgIpc) is 3.53. The van der Waals surface area contributed by atoms with E-state index in [2.05, 4.69) is 46.9 Å². The maximum absolute atomic E-state index is 14.2. The van der Waals surface area contributed by atoms with E-state index in [-0.39, 0.29) is 4.90 Å². The van der Waals surface area contributed by atoms with E-state index in [0.29, 0.717) is 17.8 Å². The van der Waals surface area contributed by atoms with Crippen molar-refractivity contribution in [3.63, 3.8) is 0 Å². The fourth-order valence-corrected chi connectivity index (χ4v) is 8.46. The molecule has 9 heteroatoms. The summed E-state index contributed by atoms with van der Waals surface area (Å²) in [4.78, 5) is 13.7. The van der Waals surface area contributed by atoms with E-state index in [1.54, 1.807) is 23.5 Å². The number of hydrogen-bond acceptors (Lipinski definition) is 7. The average molecular weight is 596 g/mol. The van der Waals surface area contributed by atoms with Gasteiger partial charge in [-0.2, -0.15) is 0 Å². The van der Waals surface area contributed by atoms with Crippen molar-refractivity contribution < 1.29 is 8.42 Å². The van der Waals surface area contributed by atoms with Crippen molar-refractivity contribution in [3.05, 3.63) is 107 Å². The molecule has 0 N–H and O–H groups in total. The van der Waals surface area contributed by atoms with Crippen molar-refractivity contribution in [2.24, 2.45) is 4.99 Å². The molecule has 4 heterocycles. The Bertz CT molecular complexity index is 1930. The predicted molar refractivity (Wildman–Crippen MR) is 172 cm³/mol. The van der Waals surface area contributed by atoms with Crippen molar-refractivity contribution >= 4 is 54.5 Å². The number of aryl methyl sites for hydroxylation is 2. The molecule has 0 aliphatic carbocycles. The van der Waals surface area contributed by atoms with Crippen molar-refractivity contribution in [1.29, 1.82) is 0 Å². The number of para-hydroxylation sites is 3. The second-order valence-corrected chi connectivity index (χ2v) is 14.2. The van der Waals surface area contributed by atoms with Crippen LogP contribution in [0.2, 0.25) is 0 Å². The lowest BCUT2D eigenvalue weighted by molar-refractivity contribution is 0.216. The van der Waals surface area contributed by atoms with Gasteiger partial charge < -0.3 is 14.7 Å². The molecule has 0 saturated carbocycles. The van der Waals surface area contributed by atoms with Crippen LogP contribution >= 0.6 is 11.3 Å². The number of hydrogen-bond donors (Lipinski definition) is 0. The first kappa shape index (κ1) is 26.9. The van der Waals surface area contributed by atoms with Gasteiger partial charge in [-0.05, 0) is 63.4 Å². The molecule has 0 radical (unpaired) electrons. The second kappa shape index (κ2) is 10.4. The highest BCUT2D eigenvalue weighted by Crippen LogP contribution is 2.45. The number of likely N-dealkylation sites (N-methyl/N-ethyl adjacent to an activating group) is 1. The highest BCUT2D eigenvalue weighted by atomic mass is 32.2. The SMILES string of the molecule is Cc1ccc(S(=O)(=O)n2c(CN3c4ccccc4N=C(N4CCN(C)CC4)c4cc(C)sc43)cc3ccccc32)cc1. The number of fused-ring (bicyclic) bond motifs is 3. The summed E-state index contributed by atoms with van der Waals surface area (Å²) in [6.45, 7) is 8.26. The van der Waals surface area contributed by atoms with E-state index in [9.17, 15) is 8.42 Å². The number of amidine groups is 1. The first-order valence-corrected chi connectivity index (χ1v) is 16.5. The number of thiophene rings is 1. The largest absolute Gasteiger partial charge is 0.353 e. The van der Waals surface area contributed by atoms with Crippen LogP contribution in [-0.4, -0.2) is 61.3 Å². The van der Waals surface area contributed by atoms with E-state index >= 15 is 0 Å². The number of nitrogens with zero attached hydrogens (tertiary/aromatic N) is 5. The quantitative estimate of drug-likeness (QED) is 0.236. The number of piperazine rings is 1. The van der Waals surface area contributed by atoms with Crippen LogP contribution in [0, 0.1) is 13.8 Å². The maximum atomic E-state index is 14.2. The first-order chi connectivity index (χ1) is 20.3. The van der Waals surface area contributed by atoms with Gasteiger partial charge in [0, 0.05) is 36.4 Å². The summed E-state index contributed by atoms with van der Waals surface area (Å²) < 4.78 is 30.0. The lowest BCUT2D eigenvalue weighted by Gasteiger charge is -2.34. The summed E-state index contributed by atoms with van der Waals surface area (Å²) in [7, 11) is -1.70. The Kier molecular flexibility index (Phi) is 6.68. The molecule has 0 unspecified atom stereocenters. The number of benzene rings is 3. The zero-order chi connectivity index (χ0) is 29.0. The number of anilines is 2. The van der Waals surface area contributed by atoms with E-state index < -0.39 is 10.0 Å². The highest BCUT2D eigenvalue weighted by Gasteiger charge is 2.31. The van der Waals surface area contributed by atoms with Crippen LogP contribution in [0.3, 0.4) is 0 Å². The Morgan fingerprint density at radius 3 is 2.36 bits per heavy atom. The zero-order valence-corrected chi connectivity index (χ0v) is 25.6. The second-order valence-electron chi connectivity index (χ2n) is 11.2. The normalized spacial score (nSPS) is 15.8. The molecule has 5 aromatic rings. The minimum absolute atomic E-state index is 0.278. The standard InChI is InChI=1S/C33H33N5O2S2/c1-23-12-14-27(15-13-23)42(39,40)38-26(21-25-8-4-6-10-30(25)38)22-37-31-11-7-5-9-29(31)34-32(28-20-24(2)41-33(28)37)36-18-16-35(3)17-19-36/h4-15,20-21H,16-19,22H2,1-3H3. The molecule has 1 saturated heterocycles. The highest BCUT2D eigenvalue weighted by molar-refractivity contribution is 7.90. The topological polar surface area (TPSA) is 61.2 Å². The van der Waals surface area contributed by atoms with Crippen LogP contribution < -0.4 is 4.90 Å². The van der Waals surface area contributed by atoms with Crippen LogP contribution in [0.25, 0.3) is 10.9 Å². The van der Waals surface area contributed by atoms with Gasteiger partial charge in [0.1, 0.15) is 10.8 Å². The molecule has 0 bridgehead atoms. The van der Waals surface area contributed by atoms with Gasteiger partial charge in [-0.3, -0.25) is 0 Å². The summed E-state index contributed by atoms with van der Waals surface area (Å²) in [6.07, 6.45) is 0. The van der Waals surface area contributed by atoms with E-state index in [4.69, 9.17) is 4.99 Å². The Morgan fingerprint density at radius 2 is 1.57 bits per heavy atom. The van der Waals surface area contributed by atoms with Crippen LogP contribution in [0.4, 0.5) is 16.4 Å². The van der Waals surface area contributed by atoms with Gasteiger partial charge >= 0.3 is 0 Å². The molecule has 0 amide bonds. The van der Waals surface area contributed by atoms with Crippen molar-refractivity contribution in [2.45, 2.75) is 25.3 Å². The molecular formula is C33H33N5O2S2. The third-order valence-corrected chi connectivity index (χ3v) is 11.0. The molecule has 2 aromatic heterocycles. The Morgan fingerprint density at radius 1 is 0.857 bits per heavy atom. The van der Waals surface area contributed by atoms with Crippen molar-refractivity contribution in [3.8, 4) is 0 Å². The Hall–Kier alpha value is -3.92. The van der Waals surface area contributed by atoms with Gasteiger partial charge in [-0.15, -0.1) is 11.3 Å². The van der Waals surface area contributed by atoms with Gasteiger partial charge in [0.2, 0.25) is 0 Å². The van der Waals surface area contributed by atoms with Gasteiger partial charge in [0.25, 0.3) is 10.0 Å². The van der Waals surface area contributed by atoms with E-state index in [0.717, 1.165) is 64.9 Å². The lowest BCUT2D eigenvalue weighted by Crippen LogP contribution is -2.47.